The van der Waals surface area contributed by atoms with E-state index in [1.807, 2.05) is 0 Å². The lowest BCUT2D eigenvalue weighted by Gasteiger charge is -2.47. The maximum absolute atomic E-state index is 5.60. The van der Waals surface area contributed by atoms with Crippen LogP contribution in [0.2, 0.25) is 0 Å². The molecule has 19 heavy (non-hydrogen) atoms. The van der Waals surface area contributed by atoms with Gasteiger partial charge in [-0.3, -0.25) is 4.90 Å². The van der Waals surface area contributed by atoms with Gasteiger partial charge in [-0.15, -0.1) is 0 Å². The maximum atomic E-state index is 5.60. The van der Waals surface area contributed by atoms with E-state index in [1.54, 1.807) is 7.11 Å². The summed E-state index contributed by atoms with van der Waals surface area (Å²) in [5, 5.41) is 0. The minimum atomic E-state index is 0.0174. The Bertz CT molecular complexity index is 446. The Morgan fingerprint density at radius 2 is 2.00 bits per heavy atom. The van der Waals surface area contributed by atoms with E-state index in [4.69, 9.17) is 4.74 Å². The van der Waals surface area contributed by atoms with Crippen molar-refractivity contribution in [3.8, 4) is 5.75 Å². The Kier molecular flexibility index (Phi) is 4.16. The molecule has 2 rings (SSSR count). The van der Waals surface area contributed by atoms with Crippen LogP contribution in [0.3, 0.4) is 0 Å². The van der Waals surface area contributed by atoms with Gasteiger partial charge in [0.15, 0.2) is 0 Å². The molecule has 0 saturated carbocycles. The fourth-order valence-corrected chi connectivity index (χ4v) is 2.98. The number of nitrogens with zero attached hydrogens (tertiary/aromatic N) is 2. The maximum Gasteiger partial charge on any atom is 0.123 e. The van der Waals surface area contributed by atoms with Crippen LogP contribution in [0.1, 0.15) is 25.0 Å². The van der Waals surface area contributed by atoms with Crippen molar-refractivity contribution < 1.29 is 4.74 Å². The lowest BCUT2D eigenvalue weighted by molar-refractivity contribution is 0.0362. The zero-order chi connectivity index (χ0) is 14.0. The van der Waals surface area contributed by atoms with Crippen molar-refractivity contribution in [3.63, 3.8) is 0 Å². The summed E-state index contributed by atoms with van der Waals surface area (Å²) in [4.78, 5) is 4.85. The van der Waals surface area contributed by atoms with Gasteiger partial charge < -0.3 is 9.64 Å². The molecular formula is C16H26N2O. The Labute approximate surface area is 117 Å². The minimum absolute atomic E-state index is 0.0174. The van der Waals surface area contributed by atoms with Gasteiger partial charge in [-0.05, 0) is 39.1 Å². The van der Waals surface area contributed by atoms with Crippen molar-refractivity contribution in [2.45, 2.75) is 25.8 Å². The summed E-state index contributed by atoms with van der Waals surface area (Å²) in [6.07, 6.45) is 1.06. The van der Waals surface area contributed by atoms with Gasteiger partial charge in [0.1, 0.15) is 5.75 Å². The van der Waals surface area contributed by atoms with Crippen LogP contribution in [0.15, 0.2) is 18.2 Å². The third kappa shape index (κ3) is 2.63. The van der Waals surface area contributed by atoms with E-state index < -0.39 is 0 Å². The summed E-state index contributed by atoms with van der Waals surface area (Å²) in [5.74, 6) is 1.00. The van der Waals surface area contributed by atoms with Gasteiger partial charge in [-0.2, -0.15) is 0 Å². The molecule has 0 aliphatic carbocycles. The monoisotopic (exact) mass is 262 g/mol. The Morgan fingerprint density at radius 1 is 1.26 bits per heavy atom. The van der Waals surface area contributed by atoms with Gasteiger partial charge in [0, 0.05) is 25.2 Å². The topological polar surface area (TPSA) is 15.7 Å². The normalized spacial score (nSPS) is 25.5. The number of ether oxygens (including phenoxy) is 1. The fraction of sp³-hybridized carbons (Fsp3) is 0.625. The summed E-state index contributed by atoms with van der Waals surface area (Å²) in [5.41, 5.74) is 2.70. The third-order valence-corrected chi connectivity index (χ3v) is 4.49. The fourth-order valence-electron chi connectivity index (χ4n) is 2.98. The average molecular weight is 262 g/mol. The second-order valence-electron chi connectivity index (χ2n) is 5.82. The second kappa shape index (κ2) is 5.51. The zero-order valence-electron chi connectivity index (χ0n) is 12.9. The van der Waals surface area contributed by atoms with Gasteiger partial charge in [0.05, 0.1) is 12.6 Å². The summed E-state index contributed by atoms with van der Waals surface area (Å²) < 4.78 is 5.60. The van der Waals surface area contributed by atoms with Gasteiger partial charge in [0.25, 0.3) is 0 Å². The average Bonchev–Trinajstić information content (AvgIpc) is 2.42. The number of likely N-dealkylation sites (N-methyl/N-ethyl adjacent to an activating group) is 2. The van der Waals surface area contributed by atoms with Gasteiger partial charge in [-0.25, -0.2) is 0 Å². The summed E-state index contributed by atoms with van der Waals surface area (Å²) in [6.45, 7) is 7.77. The van der Waals surface area contributed by atoms with E-state index in [1.165, 1.54) is 11.1 Å². The predicted octanol–water partition coefficient (Wildman–Crippen LogP) is 2.35. The summed E-state index contributed by atoms with van der Waals surface area (Å²) >= 11 is 0. The zero-order valence-corrected chi connectivity index (χ0v) is 12.9. The highest BCUT2D eigenvalue weighted by Crippen LogP contribution is 2.37. The van der Waals surface area contributed by atoms with Crippen molar-refractivity contribution in [3.05, 3.63) is 29.3 Å². The summed E-state index contributed by atoms with van der Waals surface area (Å²) in [6, 6.07) is 6.59. The molecule has 1 unspecified atom stereocenters. The van der Waals surface area contributed by atoms with Crippen LogP contribution in [-0.4, -0.2) is 50.6 Å². The van der Waals surface area contributed by atoms with E-state index in [2.05, 4.69) is 55.9 Å². The summed E-state index contributed by atoms with van der Waals surface area (Å²) in [7, 11) is 6.17. The van der Waals surface area contributed by atoms with Crippen LogP contribution in [0.5, 0.6) is 5.75 Å². The number of piperazine rings is 1. The molecule has 1 aliphatic heterocycles. The van der Waals surface area contributed by atoms with Gasteiger partial charge in [0.2, 0.25) is 0 Å². The first-order chi connectivity index (χ1) is 9.01. The number of methoxy groups -OCH3 is 1. The standard InChI is InChI=1S/C16H26N2O/c1-6-13-7-8-15(19-5)14(11-13)16(2)12-17(3)9-10-18(16)4/h7-8,11H,6,9-10,12H2,1-5H3. The van der Waals surface area contributed by atoms with E-state index in [9.17, 15) is 0 Å². The third-order valence-electron chi connectivity index (χ3n) is 4.49. The highest BCUT2D eigenvalue weighted by atomic mass is 16.5. The molecule has 3 heteroatoms. The van der Waals surface area contributed by atoms with E-state index in [-0.39, 0.29) is 5.54 Å². The van der Waals surface area contributed by atoms with Crippen molar-refractivity contribution >= 4 is 0 Å². The molecule has 1 aromatic rings. The van der Waals surface area contributed by atoms with Crippen molar-refractivity contribution in [1.82, 2.24) is 9.80 Å². The molecule has 1 heterocycles. The number of rotatable bonds is 3. The predicted molar refractivity (Wildman–Crippen MR) is 79.9 cm³/mol. The van der Waals surface area contributed by atoms with Crippen LogP contribution in [0.25, 0.3) is 0 Å². The van der Waals surface area contributed by atoms with E-state index in [0.29, 0.717) is 0 Å². The van der Waals surface area contributed by atoms with Crippen molar-refractivity contribution in [2.24, 2.45) is 0 Å². The smallest absolute Gasteiger partial charge is 0.123 e. The number of aryl methyl sites for hydroxylation is 1. The number of benzene rings is 1. The SMILES string of the molecule is CCc1ccc(OC)c(C2(C)CN(C)CCN2C)c1. The van der Waals surface area contributed by atoms with Crippen LogP contribution in [-0.2, 0) is 12.0 Å². The quantitative estimate of drug-likeness (QED) is 0.831. The van der Waals surface area contributed by atoms with E-state index >= 15 is 0 Å². The highest BCUT2D eigenvalue weighted by Gasteiger charge is 2.38. The highest BCUT2D eigenvalue weighted by molar-refractivity contribution is 5.42. The van der Waals surface area contributed by atoms with Gasteiger partial charge in [-0.1, -0.05) is 19.1 Å². The van der Waals surface area contributed by atoms with Crippen molar-refractivity contribution in [2.75, 3.05) is 40.8 Å². The molecule has 0 amide bonds. The van der Waals surface area contributed by atoms with Crippen LogP contribution < -0.4 is 4.74 Å². The molecule has 0 spiro atoms. The molecular weight excluding hydrogens is 236 g/mol. The minimum Gasteiger partial charge on any atom is -0.496 e. The van der Waals surface area contributed by atoms with Crippen LogP contribution in [0, 0.1) is 0 Å². The van der Waals surface area contributed by atoms with Crippen LogP contribution in [0.4, 0.5) is 0 Å². The Hall–Kier alpha value is -1.06. The molecule has 106 valence electrons. The molecule has 1 aliphatic rings. The van der Waals surface area contributed by atoms with E-state index in [0.717, 1.165) is 31.8 Å². The number of hydrogen-bond acceptors (Lipinski definition) is 3. The lowest BCUT2D eigenvalue weighted by Crippen LogP contribution is -2.56. The Morgan fingerprint density at radius 3 is 2.63 bits per heavy atom. The molecule has 1 aromatic carbocycles. The molecule has 1 atom stereocenters. The molecule has 1 saturated heterocycles. The molecule has 3 nitrogen and oxygen atoms in total. The second-order valence-corrected chi connectivity index (χ2v) is 5.82. The molecule has 0 bridgehead atoms. The lowest BCUT2D eigenvalue weighted by atomic mass is 9.86. The first kappa shape index (κ1) is 14.4. The molecule has 0 radical (unpaired) electrons. The van der Waals surface area contributed by atoms with Crippen molar-refractivity contribution in [1.29, 1.82) is 0 Å². The molecule has 0 aromatic heterocycles. The number of hydrogen-bond donors (Lipinski definition) is 0. The first-order valence-electron chi connectivity index (χ1n) is 7.08. The largest absolute Gasteiger partial charge is 0.496 e. The van der Waals surface area contributed by atoms with Gasteiger partial charge >= 0.3 is 0 Å². The molecule has 0 N–H and O–H groups in total. The first-order valence-corrected chi connectivity index (χ1v) is 7.08. The molecule has 1 fully saturated rings. The van der Waals surface area contributed by atoms with Crippen LogP contribution >= 0.6 is 0 Å². The Balaban J connectivity index is 2.47.